The van der Waals surface area contributed by atoms with Gasteiger partial charge in [-0.3, -0.25) is 19.7 Å². The van der Waals surface area contributed by atoms with Gasteiger partial charge in [0.25, 0.3) is 11.6 Å². The minimum absolute atomic E-state index is 0.193. The van der Waals surface area contributed by atoms with Crippen molar-refractivity contribution in [3.8, 4) is 5.75 Å². The van der Waals surface area contributed by atoms with E-state index in [1.165, 1.54) is 19.1 Å². The molecule has 0 aliphatic carbocycles. The number of nitrogens with zero attached hydrogens (tertiary/aromatic N) is 1. The number of carbonyl (C=O) groups excluding carboxylic acids is 2. The number of non-ortho nitro benzene ring substituents is 1. The zero-order valence-corrected chi connectivity index (χ0v) is 13.9. The van der Waals surface area contributed by atoms with Crippen molar-refractivity contribution < 1.29 is 32.4 Å². The Morgan fingerprint density at radius 3 is 2.44 bits per heavy atom. The fraction of sp³-hybridized carbons (Fsp3) is 0.176. The highest BCUT2D eigenvalue weighted by Gasteiger charge is 2.36. The second-order valence-corrected chi connectivity index (χ2v) is 5.37. The first-order chi connectivity index (χ1) is 12.6. The van der Waals surface area contributed by atoms with E-state index in [9.17, 15) is 32.9 Å². The molecule has 2 aromatic carbocycles. The molecule has 0 saturated carbocycles. The van der Waals surface area contributed by atoms with Crippen LogP contribution in [0.2, 0.25) is 0 Å². The Hall–Kier alpha value is -3.43. The standard InChI is InChI=1S/C17H13F3N2O5/c1-10(23)12-4-2-3-5-14(12)21-16(24)9-27-15-7-6-11(22(25)26)8-13(15)17(18,19)20/h2-8H,9H2,1H3,(H,21,24). The van der Waals surface area contributed by atoms with Gasteiger partial charge < -0.3 is 10.1 Å². The Bertz CT molecular complexity index is 896. The summed E-state index contributed by atoms with van der Waals surface area (Å²) >= 11 is 0. The van der Waals surface area contributed by atoms with Gasteiger partial charge in [-0.1, -0.05) is 12.1 Å². The van der Waals surface area contributed by atoms with Crippen LogP contribution in [0.5, 0.6) is 5.75 Å². The van der Waals surface area contributed by atoms with Gasteiger partial charge in [-0.05, 0) is 25.1 Å². The lowest BCUT2D eigenvalue weighted by Gasteiger charge is -2.14. The number of rotatable bonds is 6. The first kappa shape index (κ1) is 19.9. The molecular weight excluding hydrogens is 369 g/mol. The lowest BCUT2D eigenvalue weighted by molar-refractivity contribution is -0.385. The summed E-state index contributed by atoms with van der Waals surface area (Å²) in [6, 6.07) is 8.05. The molecule has 0 spiro atoms. The first-order valence-electron chi connectivity index (χ1n) is 7.48. The third-order valence-corrected chi connectivity index (χ3v) is 3.42. The van der Waals surface area contributed by atoms with Crippen LogP contribution in [-0.4, -0.2) is 23.2 Å². The van der Waals surface area contributed by atoms with Crippen molar-refractivity contribution in [3.05, 3.63) is 63.7 Å². The number of nitrogens with one attached hydrogen (secondary N) is 1. The van der Waals surface area contributed by atoms with Crippen molar-refractivity contribution in [2.75, 3.05) is 11.9 Å². The van der Waals surface area contributed by atoms with Crippen molar-refractivity contribution >= 4 is 23.1 Å². The van der Waals surface area contributed by atoms with Gasteiger partial charge in [0.05, 0.1) is 10.6 Å². The molecule has 0 heterocycles. The number of para-hydroxylation sites is 1. The maximum atomic E-state index is 13.1. The number of Topliss-reactive ketones (excluding diaryl/α,β-unsaturated/α-hetero) is 1. The summed E-state index contributed by atoms with van der Waals surface area (Å²) in [4.78, 5) is 33.2. The highest BCUT2D eigenvalue weighted by Crippen LogP contribution is 2.38. The third-order valence-electron chi connectivity index (χ3n) is 3.42. The molecule has 10 heteroatoms. The monoisotopic (exact) mass is 382 g/mol. The summed E-state index contributed by atoms with van der Waals surface area (Å²) in [5.41, 5.74) is -1.70. The van der Waals surface area contributed by atoms with Gasteiger partial charge in [0.2, 0.25) is 0 Å². The predicted octanol–water partition coefficient (Wildman–Crippen LogP) is 3.83. The molecule has 142 valence electrons. The number of ether oxygens (including phenoxy) is 1. The van der Waals surface area contributed by atoms with E-state index in [2.05, 4.69) is 5.32 Å². The SMILES string of the molecule is CC(=O)c1ccccc1NC(=O)COc1ccc([N+](=O)[O-])cc1C(F)(F)F. The Kier molecular flexibility index (Phi) is 5.78. The molecule has 27 heavy (non-hydrogen) atoms. The lowest BCUT2D eigenvalue weighted by Crippen LogP contribution is -2.22. The van der Waals surface area contributed by atoms with Crippen LogP contribution in [0.25, 0.3) is 0 Å². The van der Waals surface area contributed by atoms with Crippen molar-refractivity contribution in [1.82, 2.24) is 0 Å². The van der Waals surface area contributed by atoms with Crippen molar-refractivity contribution in [1.29, 1.82) is 0 Å². The van der Waals surface area contributed by atoms with Crippen LogP contribution in [0.3, 0.4) is 0 Å². The number of hydrogen-bond acceptors (Lipinski definition) is 5. The molecule has 1 amide bonds. The maximum absolute atomic E-state index is 13.1. The minimum Gasteiger partial charge on any atom is -0.483 e. The van der Waals surface area contributed by atoms with E-state index in [1.807, 2.05) is 0 Å². The molecule has 2 aromatic rings. The number of benzene rings is 2. The number of carbonyl (C=O) groups is 2. The highest BCUT2D eigenvalue weighted by atomic mass is 19.4. The topological polar surface area (TPSA) is 98.5 Å². The van der Waals surface area contributed by atoms with Gasteiger partial charge in [0, 0.05) is 17.7 Å². The number of nitro groups is 1. The Morgan fingerprint density at radius 2 is 1.85 bits per heavy atom. The summed E-state index contributed by atoms with van der Waals surface area (Å²) in [6.07, 6.45) is -4.90. The summed E-state index contributed by atoms with van der Waals surface area (Å²) in [6.45, 7) is 0.515. The van der Waals surface area contributed by atoms with Gasteiger partial charge in [-0.25, -0.2) is 0 Å². The van der Waals surface area contributed by atoms with Crippen LogP contribution in [0.4, 0.5) is 24.5 Å². The van der Waals surface area contributed by atoms with Gasteiger partial charge in [-0.2, -0.15) is 13.2 Å². The summed E-state index contributed by atoms with van der Waals surface area (Å²) in [5.74, 6) is -1.82. The van der Waals surface area contributed by atoms with E-state index < -0.39 is 40.6 Å². The highest BCUT2D eigenvalue weighted by molar-refractivity contribution is 6.03. The number of nitro benzene ring substituents is 1. The van der Waals surface area contributed by atoms with Crippen LogP contribution in [0.1, 0.15) is 22.8 Å². The molecule has 0 radical (unpaired) electrons. The third kappa shape index (κ3) is 5.03. The van der Waals surface area contributed by atoms with Gasteiger partial charge in [0.1, 0.15) is 11.3 Å². The Labute approximate surface area is 150 Å². The van der Waals surface area contributed by atoms with E-state index in [0.717, 1.165) is 12.1 Å². The molecule has 0 aliphatic heterocycles. The van der Waals surface area contributed by atoms with Crippen molar-refractivity contribution in [2.24, 2.45) is 0 Å². The Morgan fingerprint density at radius 1 is 1.19 bits per heavy atom. The molecule has 0 bridgehead atoms. The molecule has 0 atom stereocenters. The van der Waals surface area contributed by atoms with Crippen LogP contribution in [0, 0.1) is 10.1 Å². The second-order valence-electron chi connectivity index (χ2n) is 5.37. The summed E-state index contributed by atoms with van der Waals surface area (Å²) in [7, 11) is 0. The minimum atomic E-state index is -4.90. The molecule has 7 nitrogen and oxygen atoms in total. The Balaban J connectivity index is 2.16. The van der Waals surface area contributed by atoms with Crippen LogP contribution >= 0.6 is 0 Å². The average Bonchev–Trinajstić information content (AvgIpc) is 2.59. The molecular formula is C17H13F3N2O5. The van der Waals surface area contributed by atoms with Gasteiger partial charge in [0.15, 0.2) is 12.4 Å². The molecule has 1 N–H and O–H groups in total. The summed E-state index contributed by atoms with van der Waals surface area (Å²) < 4.78 is 44.1. The quantitative estimate of drug-likeness (QED) is 0.465. The number of anilines is 1. The molecule has 0 aliphatic rings. The maximum Gasteiger partial charge on any atom is 0.420 e. The summed E-state index contributed by atoms with van der Waals surface area (Å²) in [5, 5.41) is 13.0. The largest absolute Gasteiger partial charge is 0.483 e. The molecule has 2 rings (SSSR count). The van der Waals surface area contributed by atoms with E-state index >= 15 is 0 Å². The van der Waals surface area contributed by atoms with E-state index in [1.54, 1.807) is 12.1 Å². The van der Waals surface area contributed by atoms with Crippen LogP contribution < -0.4 is 10.1 Å². The van der Waals surface area contributed by atoms with E-state index in [0.29, 0.717) is 6.07 Å². The number of hydrogen-bond donors (Lipinski definition) is 1. The van der Waals surface area contributed by atoms with Crippen molar-refractivity contribution in [2.45, 2.75) is 13.1 Å². The molecule has 0 saturated heterocycles. The lowest BCUT2D eigenvalue weighted by atomic mass is 10.1. The molecule has 0 unspecified atom stereocenters. The molecule has 0 aromatic heterocycles. The van der Waals surface area contributed by atoms with Gasteiger partial charge in [-0.15, -0.1) is 0 Å². The number of amides is 1. The number of halogens is 3. The first-order valence-corrected chi connectivity index (χ1v) is 7.48. The fourth-order valence-corrected chi connectivity index (χ4v) is 2.21. The van der Waals surface area contributed by atoms with Crippen LogP contribution in [0.15, 0.2) is 42.5 Å². The fourth-order valence-electron chi connectivity index (χ4n) is 2.21. The number of alkyl halides is 3. The molecule has 0 fully saturated rings. The predicted molar refractivity (Wildman–Crippen MR) is 88.7 cm³/mol. The normalized spacial score (nSPS) is 11.0. The van der Waals surface area contributed by atoms with E-state index in [4.69, 9.17) is 4.74 Å². The second kappa shape index (κ2) is 7.85. The van der Waals surface area contributed by atoms with Gasteiger partial charge >= 0.3 is 6.18 Å². The van der Waals surface area contributed by atoms with E-state index in [-0.39, 0.29) is 17.0 Å². The zero-order valence-electron chi connectivity index (χ0n) is 13.9. The zero-order chi connectivity index (χ0) is 20.2. The van der Waals surface area contributed by atoms with Crippen molar-refractivity contribution in [3.63, 3.8) is 0 Å². The smallest absolute Gasteiger partial charge is 0.420 e. The number of ketones is 1. The average molecular weight is 382 g/mol. The van der Waals surface area contributed by atoms with Crippen LogP contribution in [-0.2, 0) is 11.0 Å².